The van der Waals surface area contributed by atoms with Crippen molar-refractivity contribution < 1.29 is 19.4 Å². The van der Waals surface area contributed by atoms with Crippen LogP contribution in [-0.4, -0.2) is 37.0 Å². The summed E-state index contributed by atoms with van der Waals surface area (Å²) in [5.41, 5.74) is 0. The van der Waals surface area contributed by atoms with Crippen molar-refractivity contribution in [2.24, 2.45) is 0 Å². The van der Waals surface area contributed by atoms with Gasteiger partial charge in [0.15, 0.2) is 0 Å². The number of allylic oxidation sites excluding steroid dienone is 12. The van der Waals surface area contributed by atoms with Gasteiger partial charge in [-0.15, -0.1) is 0 Å². The van der Waals surface area contributed by atoms with E-state index in [0.29, 0.717) is 13.0 Å². The van der Waals surface area contributed by atoms with Crippen molar-refractivity contribution in [1.82, 2.24) is 0 Å². The third-order valence-electron chi connectivity index (χ3n) is 8.77. The highest BCUT2D eigenvalue weighted by molar-refractivity contribution is 5.69. The van der Waals surface area contributed by atoms with Crippen molar-refractivity contribution in [1.29, 1.82) is 0 Å². The van der Waals surface area contributed by atoms with E-state index >= 15 is 0 Å². The monoisotopic (exact) mass is 697 g/mol. The molecule has 0 aromatic carbocycles. The van der Waals surface area contributed by atoms with Crippen LogP contribution in [0.4, 0.5) is 0 Å². The fourth-order valence-electron chi connectivity index (χ4n) is 5.64. The van der Waals surface area contributed by atoms with Crippen LogP contribution in [0.25, 0.3) is 0 Å². The molecule has 1 atom stereocenters. The summed E-state index contributed by atoms with van der Waals surface area (Å²) in [7, 11) is 0. The first-order valence-electron chi connectivity index (χ1n) is 21.0. The maximum atomic E-state index is 12.2. The fraction of sp³-hybridized carbons (Fsp3) is 0.717. The molecule has 4 nitrogen and oxygen atoms in total. The molecule has 0 saturated heterocycles. The van der Waals surface area contributed by atoms with Crippen LogP contribution in [0.5, 0.6) is 0 Å². The van der Waals surface area contributed by atoms with Gasteiger partial charge in [0, 0.05) is 13.0 Å². The maximum Gasteiger partial charge on any atom is 0.306 e. The number of carbonyl (C=O) groups excluding carboxylic acids is 1. The summed E-state index contributed by atoms with van der Waals surface area (Å²) in [5, 5.41) is 9.60. The molecule has 0 aromatic rings. The minimum absolute atomic E-state index is 0.185. The topological polar surface area (TPSA) is 55.8 Å². The van der Waals surface area contributed by atoms with Crippen molar-refractivity contribution in [3.8, 4) is 0 Å². The molecule has 0 heterocycles. The first-order chi connectivity index (χ1) is 24.7. The van der Waals surface area contributed by atoms with E-state index < -0.39 is 6.10 Å². The molecule has 0 bridgehead atoms. The smallest absolute Gasteiger partial charge is 0.306 e. The molecule has 0 rings (SSSR count). The molecular formula is C46H80O4. The van der Waals surface area contributed by atoms with E-state index in [0.717, 1.165) is 64.2 Å². The average Bonchev–Trinajstić information content (AvgIpc) is 3.12. The highest BCUT2D eigenvalue weighted by atomic mass is 16.6. The molecule has 0 aliphatic rings. The zero-order valence-corrected chi connectivity index (χ0v) is 32.9. The second-order valence-electron chi connectivity index (χ2n) is 13.7. The van der Waals surface area contributed by atoms with E-state index in [2.05, 4.69) is 86.8 Å². The number of ether oxygens (including phenoxy) is 2. The zero-order valence-electron chi connectivity index (χ0n) is 32.9. The standard InChI is InChI=1S/C46H80O4/c1-3-5-7-9-11-13-15-17-19-21-22-23-24-25-27-29-31-33-35-37-39-41-46(48)50-45(43-47)44-49-42-40-38-36-34-32-30-28-26-20-18-16-14-12-10-8-6-4-2/h5,7,11,13,17,19-20,22-23,25-27,45,47H,3-4,6,8-10,12,14-16,18,21,24,28-44H2,1-2H3/b7-5-,13-11-,19-17-,23-22-,26-20-,27-25-. The van der Waals surface area contributed by atoms with Crippen molar-refractivity contribution in [3.05, 3.63) is 72.9 Å². The van der Waals surface area contributed by atoms with E-state index in [1.54, 1.807) is 0 Å². The molecule has 4 heteroatoms. The van der Waals surface area contributed by atoms with Gasteiger partial charge in [-0.05, 0) is 83.5 Å². The lowest BCUT2D eigenvalue weighted by Crippen LogP contribution is -2.27. The summed E-state index contributed by atoms with van der Waals surface area (Å²) in [6.45, 7) is 5.19. The predicted octanol–water partition coefficient (Wildman–Crippen LogP) is 13.8. The van der Waals surface area contributed by atoms with E-state index in [4.69, 9.17) is 9.47 Å². The number of rotatable bonds is 38. The molecule has 0 saturated carbocycles. The summed E-state index contributed by atoms with van der Waals surface area (Å²) < 4.78 is 11.1. The molecule has 288 valence electrons. The van der Waals surface area contributed by atoms with Crippen LogP contribution in [0, 0.1) is 0 Å². The van der Waals surface area contributed by atoms with Crippen LogP contribution >= 0.6 is 0 Å². The van der Waals surface area contributed by atoms with E-state index in [-0.39, 0.29) is 19.2 Å². The van der Waals surface area contributed by atoms with Gasteiger partial charge in [-0.3, -0.25) is 4.79 Å². The number of unbranched alkanes of at least 4 members (excludes halogenated alkanes) is 18. The van der Waals surface area contributed by atoms with Gasteiger partial charge in [-0.25, -0.2) is 0 Å². The van der Waals surface area contributed by atoms with Crippen molar-refractivity contribution >= 4 is 5.97 Å². The Bertz CT molecular complexity index is 865. The fourth-order valence-corrected chi connectivity index (χ4v) is 5.64. The second kappa shape index (κ2) is 43.0. The molecule has 0 amide bonds. The van der Waals surface area contributed by atoms with Crippen molar-refractivity contribution in [2.45, 2.75) is 193 Å². The Morgan fingerprint density at radius 2 is 0.900 bits per heavy atom. The normalized spacial score (nSPS) is 13.1. The van der Waals surface area contributed by atoms with Gasteiger partial charge >= 0.3 is 5.97 Å². The highest BCUT2D eigenvalue weighted by Gasteiger charge is 2.13. The molecular weight excluding hydrogens is 617 g/mol. The molecule has 50 heavy (non-hydrogen) atoms. The molecule has 0 fully saturated rings. The largest absolute Gasteiger partial charge is 0.457 e. The van der Waals surface area contributed by atoms with Gasteiger partial charge in [-0.1, -0.05) is 170 Å². The molecule has 0 aromatic heterocycles. The quantitative estimate of drug-likeness (QED) is 0.0397. The highest BCUT2D eigenvalue weighted by Crippen LogP contribution is 2.12. The first kappa shape index (κ1) is 47.8. The number of hydrogen-bond acceptors (Lipinski definition) is 4. The number of aliphatic hydroxyl groups excluding tert-OH is 1. The van der Waals surface area contributed by atoms with Crippen LogP contribution in [0.3, 0.4) is 0 Å². The third kappa shape index (κ3) is 40.3. The average molecular weight is 697 g/mol. The van der Waals surface area contributed by atoms with Gasteiger partial charge in [0.05, 0.1) is 13.2 Å². The Labute approximate surface area is 310 Å². The van der Waals surface area contributed by atoms with Gasteiger partial charge in [0.2, 0.25) is 0 Å². The summed E-state index contributed by atoms with van der Waals surface area (Å²) in [6, 6.07) is 0. The molecule has 1 N–H and O–H groups in total. The van der Waals surface area contributed by atoms with E-state index in [9.17, 15) is 9.90 Å². The maximum absolute atomic E-state index is 12.2. The lowest BCUT2D eigenvalue weighted by molar-refractivity contribution is -0.154. The van der Waals surface area contributed by atoms with Crippen LogP contribution in [0.2, 0.25) is 0 Å². The van der Waals surface area contributed by atoms with Crippen LogP contribution in [0.15, 0.2) is 72.9 Å². The van der Waals surface area contributed by atoms with Gasteiger partial charge in [0.1, 0.15) is 6.10 Å². The molecule has 1 unspecified atom stereocenters. The number of esters is 1. The minimum Gasteiger partial charge on any atom is -0.457 e. The number of hydrogen-bond donors (Lipinski definition) is 1. The Balaban J connectivity index is 3.52. The molecule has 0 radical (unpaired) electrons. The van der Waals surface area contributed by atoms with Crippen molar-refractivity contribution in [3.63, 3.8) is 0 Å². The Morgan fingerprint density at radius 3 is 1.38 bits per heavy atom. The molecule has 0 aliphatic carbocycles. The summed E-state index contributed by atoms with van der Waals surface area (Å²) in [6.07, 6.45) is 58.1. The zero-order chi connectivity index (χ0) is 36.3. The first-order valence-corrected chi connectivity index (χ1v) is 21.0. The van der Waals surface area contributed by atoms with Crippen LogP contribution in [0.1, 0.15) is 187 Å². The summed E-state index contributed by atoms with van der Waals surface area (Å²) in [4.78, 5) is 12.2. The van der Waals surface area contributed by atoms with Crippen LogP contribution < -0.4 is 0 Å². The Kier molecular flexibility index (Phi) is 41.1. The van der Waals surface area contributed by atoms with Gasteiger partial charge in [-0.2, -0.15) is 0 Å². The van der Waals surface area contributed by atoms with Crippen molar-refractivity contribution in [2.75, 3.05) is 19.8 Å². The minimum atomic E-state index is -0.551. The number of carbonyl (C=O) groups is 1. The van der Waals surface area contributed by atoms with E-state index in [1.807, 2.05) is 0 Å². The number of aliphatic hydroxyl groups is 1. The summed E-state index contributed by atoms with van der Waals surface area (Å²) >= 11 is 0. The van der Waals surface area contributed by atoms with Gasteiger partial charge < -0.3 is 14.6 Å². The predicted molar refractivity (Wildman–Crippen MR) is 219 cm³/mol. The van der Waals surface area contributed by atoms with E-state index in [1.165, 1.54) is 103 Å². The lowest BCUT2D eigenvalue weighted by atomic mass is 10.1. The summed E-state index contributed by atoms with van der Waals surface area (Å²) in [5.74, 6) is -0.223. The molecule has 0 aliphatic heterocycles. The second-order valence-corrected chi connectivity index (χ2v) is 13.7. The third-order valence-corrected chi connectivity index (χ3v) is 8.77. The SMILES string of the molecule is CC/C=C\C/C=C\C/C=C\C/C=C\C/C=C\CCCCCCCC(=O)OC(CO)COCCCCCCCC/C=C\CCCCCCCCC. The Morgan fingerprint density at radius 1 is 0.500 bits per heavy atom. The van der Waals surface area contributed by atoms with Crippen LogP contribution in [-0.2, 0) is 14.3 Å². The Hall–Kier alpha value is -2.17. The van der Waals surface area contributed by atoms with Gasteiger partial charge in [0.25, 0.3) is 0 Å². The molecule has 0 spiro atoms. The lowest BCUT2D eigenvalue weighted by Gasteiger charge is -2.15.